The van der Waals surface area contributed by atoms with Crippen molar-refractivity contribution in [2.75, 3.05) is 6.61 Å². The van der Waals surface area contributed by atoms with Gasteiger partial charge in [0.05, 0.1) is 17.7 Å². The Morgan fingerprint density at radius 3 is 2.83 bits per heavy atom. The van der Waals surface area contributed by atoms with Crippen LogP contribution in [-0.4, -0.2) is 35.1 Å². The maximum absolute atomic E-state index is 12.3. The number of carbonyl (C=O) groups is 1. The maximum Gasteiger partial charge on any atom is 0.272 e. The topological polar surface area (TPSA) is 71.5 Å². The highest BCUT2D eigenvalue weighted by atomic mass is 19.3. The Balaban J connectivity index is 1.67. The second-order valence-electron chi connectivity index (χ2n) is 5.51. The lowest BCUT2D eigenvalue weighted by Crippen LogP contribution is -2.33. The summed E-state index contributed by atoms with van der Waals surface area (Å²) in [5, 5.41) is 12.9. The van der Waals surface area contributed by atoms with E-state index in [1.807, 2.05) is 24.3 Å². The molecule has 0 spiro atoms. The zero-order valence-corrected chi connectivity index (χ0v) is 12.7. The summed E-state index contributed by atoms with van der Waals surface area (Å²) in [5.74, 6) is -0.373. The van der Waals surface area contributed by atoms with Gasteiger partial charge in [-0.2, -0.15) is 0 Å². The standard InChI is InChI=1S/C17H16F2N2O3/c18-14(19)9-24-15-6-5-11(8-20-15)17(23)21-16-12-4-2-1-3-10(12)7-13(16)22/h1-6,8,13-14,16,22H,7,9H2,(H,21,23). The molecule has 24 heavy (non-hydrogen) atoms. The molecule has 2 N–H and O–H groups in total. The molecule has 0 saturated carbocycles. The first-order valence-corrected chi connectivity index (χ1v) is 7.48. The summed E-state index contributed by atoms with van der Waals surface area (Å²) >= 11 is 0. The van der Waals surface area contributed by atoms with Gasteiger partial charge < -0.3 is 15.2 Å². The number of halogens is 2. The van der Waals surface area contributed by atoms with Crippen molar-refractivity contribution in [2.24, 2.45) is 0 Å². The van der Waals surface area contributed by atoms with E-state index in [1.54, 1.807) is 0 Å². The molecule has 5 nitrogen and oxygen atoms in total. The molecule has 1 amide bonds. The largest absolute Gasteiger partial charge is 0.472 e. The van der Waals surface area contributed by atoms with E-state index >= 15 is 0 Å². The summed E-state index contributed by atoms with van der Waals surface area (Å²) in [6, 6.07) is 9.85. The molecular weight excluding hydrogens is 318 g/mol. The molecule has 0 radical (unpaired) electrons. The highest BCUT2D eigenvalue weighted by Crippen LogP contribution is 2.31. The van der Waals surface area contributed by atoms with Crippen LogP contribution in [-0.2, 0) is 6.42 Å². The van der Waals surface area contributed by atoms with Crippen molar-refractivity contribution in [1.29, 1.82) is 0 Å². The van der Waals surface area contributed by atoms with Gasteiger partial charge in [0.25, 0.3) is 12.3 Å². The second-order valence-corrected chi connectivity index (χ2v) is 5.51. The number of aromatic nitrogens is 1. The number of rotatable bonds is 5. The number of fused-ring (bicyclic) bond motifs is 1. The first kappa shape index (κ1) is 16.3. The van der Waals surface area contributed by atoms with Gasteiger partial charge in [-0.25, -0.2) is 13.8 Å². The highest BCUT2D eigenvalue weighted by molar-refractivity contribution is 5.94. The van der Waals surface area contributed by atoms with Crippen molar-refractivity contribution in [1.82, 2.24) is 10.3 Å². The van der Waals surface area contributed by atoms with Crippen molar-refractivity contribution in [2.45, 2.75) is 25.0 Å². The average Bonchev–Trinajstić information content (AvgIpc) is 2.89. The predicted molar refractivity (Wildman–Crippen MR) is 82.1 cm³/mol. The summed E-state index contributed by atoms with van der Waals surface area (Å²) in [4.78, 5) is 16.1. The van der Waals surface area contributed by atoms with E-state index in [9.17, 15) is 18.7 Å². The number of aliphatic hydroxyl groups excluding tert-OH is 1. The lowest BCUT2D eigenvalue weighted by atomic mass is 10.1. The maximum atomic E-state index is 12.3. The molecule has 2 atom stereocenters. The van der Waals surface area contributed by atoms with Crippen LogP contribution in [0.1, 0.15) is 27.5 Å². The van der Waals surface area contributed by atoms with Crippen molar-refractivity contribution in [3.8, 4) is 5.88 Å². The summed E-state index contributed by atoms with van der Waals surface area (Å²) in [6.07, 6.45) is -1.53. The normalized spacial score (nSPS) is 19.2. The van der Waals surface area contributed by atoms with Crippen LogP contribution in [0, 0.1) is 0 Å². The van der Waals surface area contributed by atoms with Crippen LogP contribution in [0.15, 0.2) is 42.6 Å². The van der Waals surface area contributed by atoms with E-state index in [2.05, 4.69) is 10.3 Å². The van der Waals surface area contributed by atoms with Gasteiger partial charge in [-0.15, -0.1) is 0 Å². The monoisotopic (exact) mass is 334 g/mol. The number of alkyl halides is 2. The van der Waals surface area contributed by atoms with Crippen LogP contribution in [0.25, 0.3) is 0 Å². The Kier molecular flexibility index (Phi) is 4.71. The molecule has 2 unspecified atom stereocenters. The number of pyridine rings is 1. The number of amides is 1. The molecule has 0 saturated heterocycles. The first-order valence-electron chi connectivity index (χ1n) is 7.48. The number of hydrogen-bond donors (Lipinski definition) is 2. The number of benzene rings is 1. The zero-order chi connectivity index (χ0) is 17.1. The Bertz CT molecular complexity index is 722. The van der Waals surface area contributed by atoms with Crippen LogP contribution >= 0.6 is 0 Å². The van der Waals surface area contributed by atoms with E-state index in [1.165, 1.54) is 18.3 Å². The Morgan fingerprint density at radius 1 is 1.33 bits per heavy atom. The molecular formula is C17H16F2N2O3. The smallest absolute Gasteiger partial charge is 0.272 e. The van der Waals surface area contributed by atoms with E-state index in [4.69, 9.17) is 4.74 Å². The van der Waals surface area contributed by atoms with Gasteiger partial charge in [0.1, 0.15) is 0 Å². The Labute approximate surface area is 137 Å². The van der Waals surface area contributed by atoms with Crippen LogP contribution in [0.3, 0.4) is 0 Å². The number of hydrogen-bond acceptors (Lipinski definition) is 4. The average molecular weight is 334 g/mol. The molecule has 0 fully saturated rings. The minimum absolute atomic E-state index is 0.0260. The van der Waals surface area contributed by atoms with Crippen LogP contribution in [0.2, 0.25) is 0 Å². The molecule has 2 aromatic rings. The van der Waals surface area contributed by atoms with Crippen LogP contribution in [0.4, 0.5) is 8.78 Å². The fourth-order valence-corrected chi connectivity index (χ4v) is 2.72. The van der Waals surface area contributed by atoms with Crippen molar-refractivity contribution in [3.05, 3.63) is 59.3 Å². The van der Waals surface area contributed by atoms with Crippen molar-refractivity contribution in [3.63, 3.8) is 0 Å². The molecule has 0 aliphatic heterocycles. The Morgan fingerprint density at radius 2 is 2.12 bits per heavy atom. The summed E-state index contributed by atoms with van der Waals surface area (Å²) in [7, 11) is 0. The van der Waals surface area contributed by atoms with Gasteiger partial charge in [-0.05, 0) is 17.2 Å². The number of ether oxygens (including phenoxy) is 1. The number of carbonyl (C=O) groups excluding carboxylic acids is 1. The fourth-order valence-electron chi connectivity index (χ4n) is 2.72. The number of nitrogens with one attached hydrogen (secondary N) is 1. The minimum atomic E-state index is -2.58. The molecule has 1 aliphatic rings. The molecule has 1 heterocycles. The van der Waals surface area contributed by atoms with E-state index in [-0.39, 0.29) is 11.4 Å². The van der Waals surface area contributed by atoms with Crippen molar-refractivity contribution >= 4 is 5.91 Å². The van der Waals surface area contributed by atoms with Crippen LogP contribution in [0.5, 0.6) is 5.88 Å². The van der Waals surface area contributed by atoms with E-state index in [0.717, 1.165) is 11.1 Å². The van der Waals surface area contributed by atoms with Crippen molar-refractivity contribution < 1.29 is 23.4 Å². The SMILES string of the molecule is O=C(NC1c2ccccc2CC1O)c1ccc(OCC(F)F)nc1. The zero-order valence-electron chi connectivity index (χ0n) is 12.7. The second kappa shape index (κ2) is 6.92. The van der Waals surface area contributed by atoms with Gasteiger partial charge in [-0.3, -0.25) is 4.79 Å². The van der Waals surface area contributed by atoms with Gasteiger partial charge in [0.15, 0.2) is 6.61 Å². The van der Waals surface area contributed by atoms with Crippen LogP contribution < -0.4 is 10.1 Å². The van der Waals surface area contributed by atoms with Gasteiger partial charge >= 0.3 is 0 Å². The Hall–Kier alpha value is -2.54. The third kappa shape index (κ3) is 3.51. The van der Waals surface area contributed by atoms with E-state index < -0.39 is 31.1 Å². The minimum Gasteiger partial charge on any atom is -0.472 e. The van der Waals surface area contributed by atoms with Gasteiger partial charge in [0.2, 0.25) is 5.88 Å². The fraction of sp³-hybridized carbons (Fsp3) is 0.294. The van der Waals surface area contributed by atoms with Gasteiger partial charge in [0, 0.05) is 18.7 Å². The third-order valence-corrected chi connectivity index (χ3v) is 3.85. The molecule has 3 rings (SSSR count). The number of aliphatic hydroxyl groups is 1. The first-order chi connectivity index (χ1) is 11.5. The predicted octanol–water partition coefficient (Wildman–Crippen LogP) is 2.11. The lowest BCUT2D eigenvalue weighted by molar-refractivity contribution is 0.0793. The lowest BCUT2D eigenvalue weighted by Gasteiger charge is -2.18. The quantitative estimate of drug-likeness (QED) is 0.879. The molecule has 1 aromatic heterocycles. The highest BCUT2D eigenvalue weighted by Gasteiger charge is 2.32. The molecule has 1 aromatic carbocycles. The molecule has 0 bridgehead atoms. The van der Waals surface area contributed by atoms with Gasteiger partial charge in [-0.1, -0.05) is 24.3 Å². The summed E-state index contributed by atoms with van der Waals surface area (Å²) in [5.41, 5.74) is 2.16. The summed E-state index contributed by atoms with van der Waals surface area (Å²) in [6.45, 7) is -0.746. The third-order valence-electron chi connectivity index (χ3n) is 3.85. The van der Waals surface area contributed by atoms with E-state index in [0.29, 0.717) is 6.42 Å². The molecule has 126 valence electrons. The summed E-state index contributed by atoms with van der Waals surface area (Å²) < 4.78 is 28.9. The molecule has 7 heteroatoms. The molecule has 1 aliphatic carbocycles. The number of nitrogens with zero attached hydrogens (tertiary/aromatic N) is 1.